The van der Waals surface area contributed by atoms with E-state index in [9.17, 15) is 0 Å². The predicted octanol–water partition coefficient (Wildman–Crippen LogP) is 4.39. The lowest BCUT2D eigenvalue weighted by molar-refractivity contribution is 0.391. The molecular weight excluding hydrogens is 332 g/mol. The lowest BCUT2D eigenvalue weighted by atomic mass is 10.0. The van der Waals surface area contributed by atoms with Crippen LogP contribution in [0.1, 0.15) is 16.0 Å². The lowest BCUT2D eigenvalue weighted by Gasteiger charge is -2.15. The number of methoxy groups -OCH3 is 3. The number of hydrogen-bond acceptors (Lipinski definition) is 3. The molecule has 2 rings (SSSR count). The molecule has 112 valence electrons. The highest BCUT2D eigenvalue weighted by molar-refractivity contribution is 9.09. The van der Waals surface area contributed by atoms with Crippen LogP contribution < -0.4 is 14.2 Å². The lowest BCUT2D eigenvalue weighted by Crippen LogP contribution is -1.99. The Hall–Kier alpha value is -1.68. The van der Waals surface area contributed by atoms with Gasteiger partial charge >= 0.3 is 0 Å². The Morgan fingerprint density at radius 2 is 1.48 bits per heavy atom. The second-order valence-electron chi connectivity index (χ2n) is 4.63. The number of benzene rings is 2. The zero-order valence-electron chi connectivity index (χ0n) is 12.4. The van der Waals surface area contributed by atoms with Gasteiger partial charge in [0, 0.05) is 16.5 Å². The zero-order chi connectivity index (χ0) is 15.2. The molecule has 0 aliphatic rings. The first kappa shape index (κ1) is 15.7. The third kappa shape index (κ3) is 3.91. The summed E-state index contributed by atoms with van der Waals surface area (Å²) in [6.45, 7) is 0. The van der Waals surface area contributed by atoms with Crippen LogP contribution in [0.2, 0.25) is 0 Å². The fourth-order valence-corrected chi connectivity index (χ4v) is 2.91. The highest BCUT2D eigenvalue weighted by Gasteiger charge is 2.14. The minimum Gasteiger partial charge on any atom is -0.497 e. The predicted molar refractivity (Wildman–Crippen MR) is 87.9 cm³/mol. The molecule has 0 N–H and O–H groups in total. The van der Waals surface area contributed by atoms with Crippen molar-refractivity contribution in [2.24, 2.45) is 0 Å². The highest BCUT2D eigenvalue weighted by atomic mass is 79.9. The summed E-state index contributed by atoms with van der Waals surface area (Å²) < 4.78 is 15.9. The van der Waals surface area contributed by atoms with Crippen molar-refractivity contribution >= 4 is 15.9 Å². The van der Waals surface area contributed by atoms with Crippen LogP contribution in [0, 0.1) is 0 Å². The minimum absolute atomic E-state index is 0.173. The topological polar surface area (TPSA) is 27.7 Å². The average molecular weight is 351 g/mol. The Balaban J connectivity index is 2.17. The van der Waals surface area contributed by atoms with Gasteiger partial charge in [-0.3, -0.25) is 0 Å². The molecule has 2 aromatic carbocycles. The Bertz CT molecular complexity index is 581. The van der Waals surface area contributed by atoms with Crippen LogP contribution in [0.4, 0.5) is 0 Å². The van der Waals surface area contributed by atoms with E-state index in [0.29, 0.717) is 0 Å². The molecule has 0 aliphatic heterocycles. The second kappa shape index (κ2) is 7.36. The summed E-state index contributed by atoms with van der Waals surface area (Å²) in [5.41, 5.74) is 2.34. The van der Waals surface area contributed by atoms with Gasteiger partial charge in [-0.05, 0) is 30.2 Å². The average Bonchev–Trinajstić information content (AvgIpc) is 2.54. The van der Waals surface area contributed by atoms with Crippen molar-refractivity contribution in [2.75, 3.05) is 21.3 Å². The van der Waals surface area contributed by atoms with Crippen LogP contribution in [0.15, 0.2) is 42.5 Å². The van der Waals surface area contributed by atoms with Gasteiger partial charge in [-0.1, -0.05) is 34.1 Å². The summed E-state index contributed by atoms with van der Waals surface area (Å²) in [6.07, 6.45) is 0.868. The molecule has 0 heterocycles. The van der Waals surface area contributed by atoms with E-state index in [2.05, 4.69) is 28.1 Å². The van der Waals surface area contributed by atoms with Crippen molar-refractivity contribution in [3.8, 4) is 17.2 Å². The number of halogens is 1. The number of hydrogen-bond donors (Lipinski definition) is 0. The van der Waals surface area contributed by atoms with Crippen LogP contribution in [0.25, 0.3) is 0 Å². The van der Waals surface area contributed by atoms with Gasteiger partial charge in [0.1, 0.15) is 17.2 Å². The summed E-state index contributed by atoms with van der Waals surface area (Å²) in [5, 5.41) is 0. The smallest absolute Gasteiger partial charge is 0.126 e. The van der Waals surface area contributed by atoms with E-state index in [0.717, 1.165) is 29.2 Å². The first-order valence-electron chi connectivity index (χ1n) is 6.67. The molecule has 0 spiro atoms. The van der Waals surface area contributed by atoms with Crippen LogP contribution in [-0.2, 0) is 6.42 Å². The van der Waals surface area contributed by atoms with Gasteiger partial charge in [-0.15, -0.1) is 0 Å². The number of rotatable bonds is 6. The molecular formula is C17H19BrO3. The molecule has 0 fully saturated rings. The normalized spacial score (nSPS) is 11.8. The summed E-state index contributed by atoms with van der Waals surface area (Å²) in [6, 6.07) is 14.0. The number of ether oxygens (including phenoxy) is 3. The minimum atomic E-state index is 0.173. The Morgan fingerprint density at radius 3 is 2.05 bits per heavy atom. The van der Waals surface area contributed by atoms with Crippen molar-refractivity contribution in [1.82, 2.24) is 0 Å². The first-order valence-corrected chi connectivity index (χ1v) is 7.58. The molecule has 1 atom stereocenters. The molecule has 0 bridgehead atoms. The maximum Gasteiger partial charge on any atom is 0.126 e. The summed E-state index contributed by atoms with van der Waals surface area (Å²) in [7, 11) is 4.99. The molecule has 0 saturated heterocycles. The molecule has 0 radical (unpaired) electrons. The summed E-state index contributed by atoms with van der Waals surface area (Å²) in [4.78, 5) is 0.173. The quantitative estimate of drug-likeness (QED) is 0.723. The van der Waals surface area contributed by atoms with E-state index in [1.807, 2.05) is 30.3 Å². The molecule has 4 heteroatoms. The monoisotopic (exact) mass is 350 g/mol. The molecule has 0 aliphatic carbocycles. The van der Waals surface area contributed by atoms with Gasteiger partial charge in [-0.25, -0.2) is 0 Å². The molecule has 21 heavy (non-hydrogen) atoms. The van der Waals surface area contributed by atoms with E-state index in [-0.39, 0.29) is 4.83 Å². The van der Waals surface area contributed by atoms with E-state index >= 15 is 0 Å². The van der Waals surface area contributed by atoms with Gasteiger partial charge in [0.25, 0.3) is 0 Å². The molecule has 3 nitrogen and oxygen atoms in total. The van der Waals surface area contributed by atoms with Gasteiger partial charge in [-0.2, -0.15) is 0 Å². The first-order chi connectivity index (χ1) is 10.2. The molecule has 0 saturated carbocycles. The van der Waals surface area contributed by atoms with Crippen molar-refractivity contribution < 1.29 is 14.2 Å². The van der Waals surface area contributed by atoms with E-state index in [4.69, 9.17) is 14.2 Å². The van der Waals surface area contributed by atoms with E-state index in [1.54, 1.807) is 21.3 Å². The van der Waals surface area contributed by atoms with Gasteiger partial charge in [0.2, 0.25) is 0 Å². The zero-order valence-corrected chi connectivity index (χ0v) is 14.0. The molecule has 0 amide bonds. The number of alkyl halides is 1. The Kier molecular flexibility index (Phi) is 5.51. The van der Waals surface area contributed by atoms with Crippen molar-refractivity contribution in [3.05, 3.63) is 53.6 Å². The van der Waals surface area contributed by atoms with E-state index < -0.39 is 0 Å². The summed E-state index contributed by atoms with van der Waals surface area (Å²) >= 11 is 3.74. The fraction of sp³-hybridized carbons (Fsp3) is 0.294. The fourth-order valence-electron chi connectivity index (χ4n) is 2.16. The van der Waals surface area contributed by atoms with Crippen LogP contribution in [-0.4, -0.2) is 21.3 Å². The third-order valence-corrected chi connectivity index (χ3v) is 4.17. The Labute approximate surface area is 134 Å². The molecule has 1 unspecified atom stereocenters. The standard InChI is InChI=1S/C17H19BrO3/c1-19-13-6-4-12(5-7-13)10-16(18)15-9-8-14(20-2)11-17(15)21-3/h4-9,11,16H,10H2,1-3H3. The van der Waals surface area contributed by atoms with Gasteiger partial charge in [0.15, 0.2) is 0 Å². The van der Waals surface area contributed by atoms with Crippen molar-refractivity contribution in [3.63, 3.8) is 0 Å². The maximum atomic E-state index is 5.45. The van der Waals surface area contributed by atoms with E-state index in [1.165, 1.54) is 5.56 Å². The second-order valence-corrected chi connectivity index (χ2v) is 5.73. The van der Waals surface area contributed by atoms with Gasteiger partial charge < -0.3 is 14.2 Å². The SMILES string of the molecule is COc1ccc(CC(Br)c2ccc(OC)cc2OC)cc1. The van der Waals surface area contributed by atoms with Crippen molar-refractivity contribution in [2.45, 2.75) is 11.2 Å². The van der Waals surface area contributed by atoms with Crippen LogP contribution in [0.5, 0.6) is 17.2 Å². The maximum absolute atomic E-state index is 5.45. The van der Waals surface area contributed by atoms with Crippen molar-refractivity contribution in [1.29, 1.82) is 0 Å². The Morgan fingerprint density at radius 1 is 0.857 bits per heavy atom. The molecule has 2 aromatic rings. The summed E-state index contributed by atoms with van der Waals surface area (Å²) in [5.74, 6) is 2.48. The van der Waals surface area contributed by atoms with Crippen LogP contribution in [0.3, 0.4) is 0 Å². The molecule has 0 aromatic heterocycles. The largest absolute Gasteiger partial charge is 0.497 e. The third-order valence-electron chi connectivity index (χ3n) is 3.35. The van der Waals surface area contributed by atoms with Crippen LogP contribution >= 0.6 is 15.9 Å². The highest BCUT2D eigenvalue weighted by Crippen LogP contribution is 2.36. The van der Waals surface area contributed by atoms with Gasteiger partial charge in [0.05, 0.1) is 21.3 Å².